The lowest BCUT2D eigenvalue weighted by Crippen LogP contribution is -2.78. The largest absolute Gasteiger partial charge is 0.456 e. The van der Waals surface area contributed by atoms with Crippen LogP contribution in [0.2, 0.25) is 0 Å². The zero-order valence-electron chi connectivity index (χ0n) is 14.0. The van der Waals surface area contributed by atoms with Gasteiger partial charge in [-0.2, -0.15) is 0 Å². The number of ether oxygens (including phenoxy) is 2. The van der Waals surface area contributed by atoms with Crippen LogP contribution in [0.1, 0.15) is 51.9 Å². The van der Waals surface area contributed by atoms with Gasteiger partial charge in [-0.1, -0.05) is 6.42 Å². The summed E-state index contributed by atoms with van der Waals surface area (Å²) in [6.45, 7) is 2.55. The molecule has 7 aliphatic rings. The number of ketones is 1. The van der Waals surface area contributed by atoms with Crippen molar-refractivity contribution in [2.24, 2.45) is 34.0 Å². The average Bonchev–Trinajstić information content (AvgIpc) is 2.97. The molecular weight excluding hydrogens is 308 g/mol. The predicted octanol–water partition coefficient (Wildman–Crippen LogP) is 1.81. The van der Waals surface area contributed by atoms with Crippen LogP contribution in [0.25, 0.3) is 0 Å². The molecule has 2 spiro atoms. The fourth-order valence-corrected chi connectivity index (χ4v) is 8.24. The van der Waals surface area contributed by atoms with E-state index in [1.807, 2.05) is 6.92 Å². The van der Waals surface area contributed by atoms with E-state index in [0.29, 0.717) is 19.4 Å². The second-order valence-electron chi connectivity index (χ2n) is 9.62. The summed E-state index contributed by atoms with van der Waals surface area (Å²) < 4.78 is 11.9. The zero-order chi connectivity index (χ0) is 16.5. The number of carbonyl (C=O) groups is 2. The van der Waals surface area contributed by atoms with Crippen LogP contribution in [0.3, 0.4) is 0 Å². The molecule has 3 aliphatic heterocycles. The van der Waals surface area contributed by atoms with E-state index in [2.05, 4.69) is 0 Å². The molecule has 0 aromatic heterocycles. The van der Waals surface area contributed by atoms with Crippen molar-refractivity contribution < 1.29 is 24.2 Å². The highest BCUT2D eigenvalue weighted by atomic mass is 16.7. The Morgan fingerprint density at radius 3 is 2.88 bits per heavy atom. The third-order valence-electron chi connectivity index (χ3n) is 9.03. The number of fused-ring (bicyclic) bond motifs is 2. The first-order chi connectivity index (χ1) is 11.4. The van der Waals surface area contributed by atoms with Crippen LogP contribution in [-0.4, -0.2) is 35.4 Å². The first-order valence-electron chi connectivity index (χ1n) is 9.48. The Balaban J connectivity index is 1.62. The Bertz CT molecular complexity index is 689. The number of hydrogen-bond acceptors (Lipinski definition) is 5. The topological polar surface area (TPSA) is 72.8 Å². The van der Waals surface area contributed by atoms with Crippen LogP contribution in [0.5, 0.6) is 0 Å². The number of carbonyl (C=O) groups excluding carboxylic acids is 2. The van der Waals surface area contributed by atoms with Crippen molar-refractivity contribution in [3.8, 4) is 0 Å². The molecule has 7 rings (SSSR count). The smallest absolute Gasteiger partial charge is 0.312 e. The summed E-state index contributed by atoms with van der Waals surface area (Å²) >= 11 is 0. The van der Waals surface area contributed by atoms with Crippen molar-refractivity contribution in [1.82, 2.24) is 0 Å². The fourth-order valence-electron chi connectivity index (χ4n) is 8.24. The fraction of sp³-hybridized carbons (Fsp3) is 0.895. The lowest BCUT2D eigenvalue weighted by Gasteiger charge is -2.71. The van der Waals surface area contributed by atoms with Gasteiger partial charge in [-0.05, 0) is 44.9 Å². The van der Waals surface area contributed by atoms with Crippen molar-refractivity contribution in [2.45, 2.75) is 63.8 Å². The second kappa shape index (κ2) is 3.75. The van der Waals surface area contributed by atoms with Gasteiger partial charge in [-0.25, -0.2) is 0 Å². The summed E-state index contributed by atoms with van der Waals surface area (Å²) in [6.07, 6.45) is 5.31. The molecule has 8 atom stereocenters. The Morgan fingerprint density at radius 1 is 1.21 bits per heavy atom. The SMILES string of the molecule is C[C@]12CCC[C@]34CO[C@@](O)([C@H](OC1=O)[C@@H]32)[C@]12CC(=O)[C@H](CC[C@@H]41)C2. The van der Waals surface area contributed by atoms with Gasteiger partial charge in [-0.15, -0.1) is 0 Å². The first-order valence-corrected chi connectivity index (χ1v) is 9.48. The number of hydrogen-bond donors (Lipinski definition) is 1. The minimum atomic E-state index is -1.47. The number of rotatable bonds is 0. The summed E-state index contributed by atoms with van der Waals surface area (Å²) in [4.78, 5) is 25.3. The molecule has 0 aromatic rings. The minimum absolute atomic E-state index is 0.0351. The Labute approximate surface area is 141 Å². The van der Waals surface area contributed by atoms with Crippen LogP contribution >= 0.6 is 0 Å². The number of Topliss-reactive ketones (excluding diaryl/α,β-unsaturated/α-hetero) is 1. The Hall–Kier alpha value is -0.940. The highest BCUT2D eigenvalue weighted by Crippen LogP contribution is 2.78. The third kappa shape index (κ3) is 1.14. The molecule has 4 bridgehead atoms. The van der Waals surface area contributed by atoms with Crippen LogP contribution in [0.15, 0.2) is 0 Å². The third-order valence-corrected chi connectivity index (χ3v) is 9.03. The van der Waals surface area contributed by atoms with E-state index in [9.17, 15) is 14.7 Å². The molecule has 4 aliphatic carbocycles. The van der Waals surface area contributed by atoms with E-state index in [4.69, 9.17) is 9.47 Å². The van der Waals surface area contributed by atoms with Gasteiger partial charge in [-0.3, -0.25) is 9.59 Å². The highest BCUT2D eigenvalue weighted by molar-refractivity contribution is 5.85. The predicted molar refractivity (Wildman–Crippen MR) is 81.6 cm³/mol. The lowest BCUT2D eigenvalue weighted by atomic mass is 9.37. The van der Waals surface area contributed by atoms with Gasteiger partial charge >= 0.3 is 5.97 Å². The van der Waals surface area contributed by atoms with Crippen LogP contribution in [0, 0.1) is 34.0 Å². The van der Waals surface area contributed by atoms with Crippen molar-refractivity contribution in [2.75, 3.05) is 6.61 Å². The normalized spacial score (nSPS) is 63.1. The highest BCUT2D eigenvalue weighted by Gasteiger charge is 2.84. The van der Waals surface area contributed by atoms with E-state index >= 15 is 0 Å². The molecular formula is C19H24O5. The van der Waals surface area contributed by atoms with Gasteiger partial charge in [0.15, 0.2) is 6.10 Å². The molecule has 0 unspecified atom stereocenters. The number of esters is 1. The Morgan fingerprint density at radius 2 is 2.04 bits per heavy atom. The molecule has 1 N–H and O–H groups in total. The molecule has 5 heteroatoms. The minimum Gasteiger partial charge on any atom is -0.456 e. The average molecular weight is 332 g/mol. The molecule has 0 aromatic carbocycles. The van der Waals surface area contributed by atoms with Crippen LogP contribution in [0.4, 0.5) is 0 Å². The Kier molecular flexibility index (Phi) is 2.23. The molecule has 5 nitrogen and oxygen atoms in total. The van der Waals surface area contributed by atoms with Crippen molar-refractivity contribution in [3.63, 3.8) is 0 Å². The van der Waals surface area contributed by atoms with Crippen LogP contribution < -0.4 is 0 Å². The van der Waals surface area contributed by atoms with Crippen molar-refractivity contribution >= 4 is 11.8 Å². The monoisotopic (exact) mass is 332 g/mol. The lowest BCUT2D eigenvalue weighted by molar-refractivity contribution is -0.434. The summed E-state index contributed by atoms with van der Waals surface area (Å²) in [5, 5.41) is 11.7. The molecule has 24 heavy (non-hydrogen) atoms. The molecule has 7 fully saturated rings. The van der Waals surface area contributed by atoms with Crippen molar-refractivity contribution in [1.29, 1.82) is 0 Å². The maximum absolute atomic E-state index is 12.7. The van der Waals surface area contributed by atoms with E-state index in [0.717, 1.165) is 32.1 Å². The van der Waals surface area contributed by atoms with Crippen molar-refractivity contribution in [3.05, 3.63) is 0 Å². The first kappa shape index (κ1) is 14.3. The molecule has 3 saturated heterocycles. The van der Waals surface area contributed by atoms with Gasteiger partial charge in [0.05, 0.1) is 12.0 Å². The van der Waals surface area contributed by atoms with Gasteiger partial charge in [0, 0.05) is 29.1 Å². The number of aliphatic hydroxyl groups is 1. The quantitative estimate of drug-likeness (QED) is 0.685. The van der Waals surface area contributed by atoms with Gasteiger partial charge in [0.1, 0.15) is 5.78 Å². The zero-order valence-corrected chi connectivity index (χ0v) is 14.0. The molecule has 4 saturated carbocycles. The second-order valence-corrected chi connectivity index (χ2v) is 9.62. The summed E-state index contributed by atoms with van der Waals surface area (Å²) in [6, 6.07) is 0. The van der Waals surface area contributed by atoms with E-state index in [-0.39, 0.29) is 34.9 Å². The van der Waals surface area contributed by atoms with E-state index in [1.165, 1.54) is 0 Å². The maximum atomic E-state index is 12.7. The van der Waals surface area contributed by atoms with Crippen LogP contribution in [-0.2, 0) is 19.1 Å². The summed E-state index contributed by atoms with van der Waals surface area (Å²) in [5.41, 5.74) is -1.14. The van der Waals surface area contributed by atoms with Gasteiger partial charge in [0.2, 0.25) is 5.79 Å². The molecule has 3 heterocycles. The van der Waals surface area contributed by atoms with E-state index in [1.54, 1.807) is 0 Å². The summed E-state index contributed by atoms with van der Waals surface area (Å²) in [7, 11) is 0. The molecule has 0 radical (unpaired) electrons. The summed E-state index contributed by atoms with van der Waals surface area (Å²) in [5.74, 6) is -0.983. The van der Waals surface area contributed by atoms with Gasteiger partial charge < -0.3 is 14.6 Å². The maximum Gasteiger partial charge on any atom is 0.312 e. The standard InChI is InChI=1S/C19H24O5/c1-16-5-2-6-17-9-23-19(22,14(13(16)17)24-15(16)21)18-7-10(11(20)8-18)3-4-12(17)18/h10,12-14,22H,2-9H2,1H3/t10-,12+,13-,14-,16-,17-,18-,19+/m1/s1. The molecule has 130 valence electrons. The van der Waals surface area contributed by atoms with E-state index < -0.39 is 22.7 Å². The molecule has 0 amide bonds. The van der Waals surface area contributed by atoms with Gasteiger partial charge in [0.25, 0.3) is 0 Å².